The molecule has 0 aromatic heterocycles. The van der Waals surface area contributed by atoms with Gasteiger partial charge >= 0.3 is 0 Å². The second-order valence-corrected chi connectivity index (χ2v) is 5.90. The summed E-state index contributed by atoms with van der Waals surface area (Å²) < 4.78 is 39.7. The first-order valence-corrected chi connectivity index (χ1v) is 7.51. The third kappa shape index (κ3) is 3.73. The number of likely N-dealkylation sites (tertiary alicyclic amines) is 1. The topological polar surface area (TPSA) is 20.3 Å². The fourth-order valence-electron chi connectivity index (χ4n) is 3.05. The lowest BCUT2D eigenvalue weighted by molar-refractivity contribution is 0.0786. The SMILES string of the molecule is O=C(c1cccc(F)c1)N1CCC(Cc2cc(F)cc(F)c2)C1. The highest BCUT2D eigenvalue weighted by Gasteiger charge is 2.27. The summed E-state index contributed by atoms with van der Waals surface area (Å²) in [5, 5.41) is 0. The minimum absolute atomic E-state index is 0.147. The Balaban J connectivity index is 1.65. The summed E-state index contributed by atoms with van der Waals surface area (Å²) >= 11 is 0. The lowest BCUT2D eigenvalue weighted by Crippen LogP contribution is -2.29. The van der Waals surface area contributed by atoms with Gasteiger partial charge in [-0.1, -0.05) is 6.07 Å². The van der Waals surface area contributed by atoms with E-state index in [0.29, 0.717) is 30.6 Å². The van der Waals surface area contributed by atoms with Crippen molar-refractivity contribution in [3.05, 3.63) is 71.0 Å². The number of carbonyl (C=O) groups is 1. The summed E-state index contributed by atoms with van der Waals surface area (Å²) in [5.74, 6) is -1.69. The molecule has 2 nitrogen and oxygen atoms in total. The Bertz CT molecular complexity index is 712. The summed E-state index contributed by atoms with van der Waals surface area (Å²) in [7, 11) is 0. The van der Waals surface area contributed by atoms with Gasteiger partial charge < -0.3 is 4.90 Å². The van der Waals surface area contributed by atoms with Gasteiger partial charge in [0.25, 0.3) is 5.91 Å². The lowest BCUT2D eigenvalue weighted by Gasteiger charge is -2.17. The summed E-state index contributed by atoms with van der Waals surface area (Å²) in [6.45, 7) is 1.07. The van der Waals surface area contributed by atoms with Crippen molar-refractivity contribution in [1.82, 2.24) is 4.90 Å². The number of nitrogens with zero attached hydrogens (tertiary/aromatic N) is 1. The van der Waals surface area contributed by atoms with Gasteiger partial charge in [-0.25, -0.2) is 13.2 Å². The molecule has 0 radical (unpaired) electrons. The Morgan fingerprint density at radius 3 is 2.48 bits per heavy atom. The zero-order valence-electron chi connectivity index (χ0n) is 12.4. The summed E-state index contributed by atoms with van der Waals surface area (Å²) in [5.41, 5.74) is 0.912. The molecule has 2 aromatic rings. The standard InChI is InChI=1S/C18H16F3NO/c19-15-3-1-2-14(9-15)18(23)22-5-4-12(11-22)6-13-7-16(20)10-17(21)8-13/h1-3,7-10,12H,4-6,11H2. The fourth-order valence-corrected chi connectivity index (χ4v) is 3.05. The Hall–Kier alpha value is -2.30. The third-order valence-corrected chi connectivity index (χ3v) is 4.09. The van der Waals surface area contributed by atoms with E-state index in [2.05, 4.69) is 0 Å². The molecule has 23 heavy (non-hydrogen) atoms. The van der Waals surface area contributed by atoms with Crippen molar-refractivity contribution < 1.29 is 18.0 Å². The van der Waals surface area contributed by atoms with Crippen LogP contribution in [-0.2, 0) is 6.42 Å². The van der Waals surface area contributed by atoms with E-state index in [9.17, 15) is 18.0 Å². The van der Waals surface area contributed by atoms with Crippen molar-refractivity contribution in [3.63, 3.8) is 0 Å². The molecule has 0 spiro atoms. The minimum Gasteiger partial charge on any atom is -0.338 e. The van der Waals surface area contributed by atoms with E-state index in [1.165, 1.54) is 30.3 Å². The van der Waals surface area contributed by atoms with Crippen molar-refractivity contribution in [2.75, 3.05) is 13.1 Å². The first-order chi connectivity index (χ1) is 11.0. The van der Waals surface area contributed by atoms with E-state index in [4.69, 9.17) is 0 Å². The molecule has 1 saturated heterocycles. The Morgan fingerprint density at radius 2 is 1.78 bits per heavy atom. The maximum Gasteiger partial charge on any atom is 0.253 e. The smallest absolute Gasteiger partial charge is 0.253 e. The molecule has 3 rings (SSSR count). The largest absolute Gasteiger partial charge is 0.338 e. The van der Waals surface area contributed by atoms with Crippen LogP contribution in [0.25, 0.3) is 0 Å². The highest BCUT2D eigenvalue weighted by molar-refractivity contribution is 5.94. The molecule has 1 fully saturated rings. The molecule has 0 saturated carbocycles. The Kier molecular flexibility index (Phi) is 4.37. The van der Waals surface area contributed by atoms with Crippen LogP contribution < -0.4 is 0 Å². The first kappa shape index (κ1) is 15.6. The highest BCUT2D eigenvalue weighted by Crippen LogP contribution is 2.23. The maximum atomic E-state index is 13.2. The van der Waals surface area contributed by atoms with E-state index in [1.54, 1.807) is 11.0 Å². The number of rotatable bonds is 3. The average molecular weight is 319 g/mol. The van der Waals surface area contributed by atoms with E-state index in [0.717, 1.165) is 12.5 Å². The molecule has 0 bridgehead atoms. The van der Waals surface area contributed by atoms with Gasteiger partial charge in [0.15, 0.2) is 0 Å². The quantitative estimate of drug-likeness (QED) is 0.842. The molecule has 1 aliphatic heterocycles. The number of carbonyl (C=O) groups excluding carboxylic acids is 1. The van der Waals surface area contributed by atoms with Crippen molar-refractivity contribution in [2.24, 2.45) is 5.92 Å². The van der Waals surface area contributed by atoms with Crippen LogP contribution in [0.3, 0.4) is 0 Å². The maximum absolute atomic E-state index is 13.2. The molecule has 5 heteroatoms. The molecular weight excluding hydrogens is 303 g/mol. The van der Waals surface area contributed by atoms with Crippen molar-refractivity contribution >= 4 is 5.91 Å². The number of benzene rings is 2. The summed E-state index contributed by atoms with van der Waals surface area (Å²) in [6, 6.07) is 9.09. The average Bonchev–Trinajstić information content (AvgIpc) is 2.94. The van der Waals surface area contributed by atoms with Crippen molar-refractivity contribution in [1.29, 1.82) is 0 Å². The van der Waals surface area contributed by atoms with Gasteiger partial charge in [-0.15, -0.1) is 0 Å². The number of hydrogen-bond donors (Lipinski definition) is 0. The molecule has 1 atom stereocenters. The Labute approximate surface area is 132 Å². The summed E-state index contributed by atoms with van der Waals surface area (Å²) in [6.07, 6.45) is 1.28. The van der Waals surface area contributed by atoms with Crippen LogP contribution in [0.2, 0.25) is 0 Å². The normalized spacial score (nSPS) is 17.5. The molecular formula is C18H16F3NO. The minimum atomic E-state index is -0.592. The van der Waals surface area contributed by atoms with Crippen LogP contribution in [-0.4, -0.2) is 23.9 Å². The monoisotopic (exact) mass is 319 g/mol. The second-order valence-electron chi connectivity index (χ2n) is 5.90. The highest BCUT2D eigenvalue weighted by atomic mass is 19.1. The first-order valence-electron chi connectivity index (χ1n) is 7.51. The van der Waals surface area contributed by atoms with E-state index in [1.807, 2.05) is 0 Å². The van der Waals surface area contributed by atoms with Gasteiger partial charge in [0.1, 0.15) is 17.5 Å². The Morgan fingerprint density at radius 1 is 1.04 bits per heavy atom. The van der Waals surface area contributed by atoms with Crippen molar-refractivity contribution in [3.8, 4) is 0 Å². The van der Waals surface area contributed by atoms with Gasteiger partial charge in [0.2, 0.25) is 0 Å². The van der Waals surface area contributed by atoms with Gasteiger partial charge in [0, 0.05) is 24.7 Å². The van der Waals surface area contributed by atoms with Crippen molar-refractivity contribution in [2.45, 2.75) is 12.8 Å². The molecule has 1 aliphatic rings. The van der Waals surface area contributed by atoms with Crippen LogP contribution in [0, 0.1) is 23.4 Å². The van der Waals surface area contributed by atoms with Gasteiger partial charge in [-0.2, -0.15) is 0 Å². The van der Waals surface area contributed by atoms with Crippen LogP contribution in [0.5, 0.6) is 0 Å². The molecule has 0 N–H and O–H groups in total. The van der Waals surface area contributed by atoms with E-state index < -0.39 is 17.5 Å². The molecule has 120 valence electrons. The number of hydrogen-bond acceptors (Lipinski definition) is 1. The fraction of sp³-hybridized carbons (Fsp3) is 0.278. The van der Waals surface area contributed by atoms with Crippen LogP contribution in [0.4, 0.5) is 13.2 Å². The van der Waals surface area contributed by atoms with Gasteiger partial charge in [-0.3, -0.25) is 4.79 Å². The molecule has 1 unspecified atom stereocenters. The predicted octanol–water partition coefficient (Wildman–Crippen LogP) is 3.81. The third-order valence-electron chi connectivity index (χ3n) is 4.09. The molecule has 1 heterocycles. The number of halogens is 3. The lowest BCUT2D eigenvalue weighted by atomic mass is 9.98. The van der Waals surface area contributed by atoms with E-state index >= 15 is 0 Å². The zero-order valence-corrected chi connectivity index (χ0v) is 12.4. The van der Waals surface area contributed by atoms with Gasteiger partial charge in [-0.05, 0) is 54.7 Å². The predicted molar refractivity (Wildman–Crippen MR) is 80.5 cm³/mol. The zero-order chi connectivity index (χ0) is 16.4. The molecule has 0 aliphatic carbocycles. The molecule has 2 aromatic carbocycles. The molecule has 1 amide bonds. The summed E-state index contributed by atoms with van der Waals surface area (Å²) in [4.78, 5) is 14.0. The van der Waals surface area contributed by atoms with Crippen LogP contribution in [0.1, 0.15) is 22.3 Å². The number of amides is 1. The van der Waals surface area contributed by atoms with E-state index in [-0.39, 0.29) is 11.8 Å². The second kappa shape index (κ2) is 6.44. The van der Waals surface area contributed by atoms with Gasteiger partial charge in [0.05, 0.1) is 0 Å². The van der Waals surface area contributed by atoms with Crippen LogP contribution >= 0.6 is 0 Å². The van der Waals surface area contributed by atoms with Crippen LogP contribution in [0.15, 0.2) is 42.5 Å².